The first-order valence-electron chi connectivity index (χ1n) is 11.9. The minimum absolute atomic E-state index is 0.306. The largest absolute Gasteiger partial charge is 0.363 e. The highest BCUT2D eigenvalue weighted by Crippen LogP contribution is 2.37. The molecule has 1 unspecified atom stereocenters. The van der Waals surface area contributed by atoms with Gasteiger partial charge in [0.25, 0.3) is 5.91 Å². The lowest BCUT2D eigenvalue weighted by atomic mass is 10.0. The molecule has 5 rings (SSSR count). The molecule has 4 aromatic rings. The van der Waals surface area contributed by atoms with Crippen LogP contribution in [0.5, 0.6) is 0 Å². The molecule has 1 atom stereocenters. The van der Waals surface area contributed by atoms with E-state index in [1.165, 1.54) is 33.7 Å². The average Bonchev–Trinajstić information content (AvgIpc) is 3.57. The van der Waals surface area contributed by atoms with E-state index in [9.17, 15) is 4.79 Å². The van der Waals surface area contributed by atoms with E-state index in [0.717, 1.165) is 48.6 Å². The monoisotopic (exact) mass is 488 g/mol. The van der Waals surface area contributed by atoms with Gasteiger partial charge in [-0.2, -0.15) is 0 Å². The Labute approximate surface area is 209 Å². The molecule has 7 heteroatoms. The molecule has 0 saturated carbocycles. The number of fused-ring (bicyclic) bond motifs is 2. The number of para-hydroxylation sites is 1. The molecule has 2 aromatic heterocycles. The number of H-pyrrole nitrogens is 1. The van der Waals surface area contributed by atoms with Gasteiger partial charge in [-0.25, -0.2) is 5.48 Å². The smallest absolute Gasteiger partial charge is 0.267 e. The number of hydroxylamine groups is 1. The molecule has 180 valence electrons. The van der Waals surface area contributed by atoms with Gasteiger partial charge in [-0.3, -0.25) is 14.9 Å². The molecule has 3 N–H and O–H groups in total. The fraction of sp³-hybridized carbons (Fsp3) is 0.250. The Morgan fingerprint density at radius 1 is 1.29 bits per heavy atom. The number of aromatic nitrogens is 2. The van der Waals surface area contributed by atoms with Crippen molar-refractivity contribution in [3.05, 3.63) is 100.0 Å². The van der Waals surface area contributed by atoms with E-state index >= 15 is 0 Å². The zero-order chi connectivity index (χ0) is 24.4. The van der Waals surface area contributed by atoms with Crippen molar-refractivity contribution >= 4 is 34.5 Å². The van der Waals surface area contributed by atoms with Gasteiger partial charge in [0.2, 0.25) is 0 Å². The van der Waals surface area contributed by atoms with Gasteiger partial charge in [-0.05, 0) is 59.7 Å². The molecule has 0 bridgehead atoms. The maximum absolute atomic E-state index is 11.3. The number of carbonyl (C=O) groups is 1. The summed E-state index contributed by atoms with van der Waals surface area (Å²) in [5.41, 5.74) is 8.95. The third kappa shape index (κ3) is 5.05. The summed E-state index contributed by atoms with van der Waals surface area (Å²) >= 11 is 6.20. The third-order valence-electron chi connectivity index (χ3n) is 6.92. The Kier molecular flexibility index (Phi) is 6.77. The third-order valence-corrected chi connectivity index (χ3v) is 7.14. The summed E-state index contributed by atoms with van der Waals surface area (Å²) in [5, 5.41) is 10.7. The number of rotatable bonds is 8. The first kappa shape index (κ1) is 23.4. The molecule has 0 fully saturated rings. The van der Waals surface area contributed by atoms with Crippen molar-refractivity contribution in [1.82, 2.24) is 19.9 Å². The predicted molar refractivity (Wildman–Crippen MR) is 139 cm³/mol. The molecular weight excluding hydrogens is 460 g/mol. The lowest BCUT2D eigenvalue weighted by Gasteiger charge is -2.29. The van der Waals surface area contributed by atoms with Gasteiger partial charge in [0.15, 0.2) is 0 Å². The quantitative estimate of drug-likeness (QED) is 0.176. The summed E-state index contributed by atoms with van der Waals surface area (Å²) in [7, 11) is 2.11. The fourth-order valence-corrected chi connectivity index (χ4v) is 5.45. The molecule has 2 aromatic carbocycles. The van der Waals surface area contributed by atoms with Crippen LogP contribution in [0.25, 0.3) is 17.0 Å². The molecule has 2 heterocycles. The van der Waals surface area contributed by atoms with E-state index in [1.54, 1.807) is 11.6 Å². The molecular formula is C28H29ClN4O2. The van der Waals surface area contributed by atoms with Crippen molar-refractivity contribution in [3.63, 3.8) is 0 Å². The molecule has 1 aliphatic carbocycles. The number of aromatic amines is 1. The van der Waals surface area contributed by atoms with Crippen LogP contribution in [0.15, 0.2) is 67.0 Å². The van der Waals surface area contributed by atoms with Crippen LogP contribution in [0.1, 0.15) is 40.4 Å². The topological polar surface area (TPSA) is 73.3 Å². The lowest BCUT2D eigenvalue weighted by molar-refractivity contribution is -0.124. The van der Waals surface area contributed by atoms with Crippen molar-refractivity contribution in [3.8, 4) is 0 Å². The highest BCUT2D eigenvalue weighted by atomic mass is 35.5. The molecule has 1 amide bonds. The minimum Gasteiger partial charge on any atom is -0.363 e. The van der Waals surface area contributed by atoms with E-state index < -0.39 is 5.91 Å². The van der Waals surface area contributed by atoms with Crippen LogP contribution in [-0.2, 0) is 31.2 Å². The van der Waals surface area contributed by atoms with Gasteiger partial charge >= 0.3 is 0 Å². The van der Waals surface area contributed by atoms with Crippen LogP contribution < -0.4 is 5.48 Å². The van der Waals surface area contributed by atoms with Gasteiger partial charge < -0.3 is 9.55 Å². The number of nitrogens with zero attached hydrogens (tertiary/aromatic N) is 2. The maximum atomic E-state index is 11.3. The van der Waals surface area contributed by atoms with Crippen molar-refractivity contribution in [2.45, 2.75) is 31.8 Å². The van der Waals surface area contributed by atoms with Crippen LogP contribution in [-0.4, -0.2) is 32.1 Å². The molecule has 1 aliphatic rings. The summed E-state index contributed by atoms with van der Waals surface area (Å²) in [6.07, 6.45) is 10.1. The van der Waals surface area contributed by atoms with E-state index in [1.807, 2.05) is 18.3 Å². The normalized spacial score (nSPS) is 15.4. The van der Waals surface area contributed by atoms with Gasteiger partial charge in [0, 0.05) is 61.2 Å². The van der Waals surface area contributed by atoms with Crippen molar-refractivity contribution in [1.29, 1.82) is 0 Å². The number of amides is 1. The Bertz CT molecular complexity index is 1390. The highest BCUT2D eigenvalue weighted by Gasteiger charge is 2.28. The first-order valence-corrected chi connectivity index (χ1v) is 12.2. The Morgan fingerprint density at radius 2 is 2.14 bits per heavy atom. The molecule has 0 radical (unpaired) electrons. The van der Waals surface area contributed by atoms with E-state index in [2.05, 4.69) is 64.1 Å². The Balaban J connectivity index is 1.40. The molecule has 0 saturated heterocycles. The van der Waals surface area contributed by atoms with Crippen LogP contribution in [0.4, 0.5) is 0 Å². The van der Waals surface area contributed by atoms with Crippen molar-refractivity contribution in [2.24, 2.45) is 7.05 Å². The zero-order valence-electron chi connectivity index (χ0n) is 19.7. The first-order chi connectivity index (χ1) is 17.0. The van der Waals surface area contributed by atoms with E-state index in [4.69, 9.17) is 16.8 Å². The van der Waals surface area contributed by atoms with Gasteiger partial charge in [0.05, 0.1) is 5.02 Å². The molecule has 0 aliphatic heterocycles. The summed E-state index contributed by atoms with van der Waals surface area (Å²) in [6, 6.07) is 17.2. The summed E-state index contributed by atoms with van der Waals surface area (Å²) < 4.78 is 2.21. The SMILES string of the molecule is Cn1cc(CCN(Cc2cc(Cl)c[nH]2)C2CCc3cc(/C=C/C(=O)NO)ccc32)c2ccccc21. The van der Waals surface area contributed by atoms with Crippen LogP contribution in [0.2, 0.25) is 5.02 Å². The number of halogens is 1. The minimum atomic E-state index is -0.535. The van der Waals surface area contributed by atoms with Crippen molar-refractivity contribution < 1.29 is 10.0 Å². The number of benzene rings is 2. The van der Waals surface area contributed by atoms with Gasteiger partial charge in [-0.1, -0.05) is 48.0 Å². The second kappa shape index (κ2) is 10.1. The van der Waals surface area contributed by atoms with E-state index in [0.29, 0.717) is 6.04 Å². The maximum Gasteiger partial charge on any atom is 0.267 e. The van der Waals surface area contributed by atoms with Gasteiger partial charge in [-0.15, -0.1) is 0 Å². The predicted octanol–water partition coefficient (Wildman–Crippen LogP) is 5.41. The van der Waals surface area contributed by atoms with Crippen molar-refractivity contribution in [2.75, 3.05) is 6.54 Å². The molecule has 0 spiro atoms. The standard InChI is InChI=1S/C28H29ClN4O2/c1-32-17-21(24-4-2-3-5-26(24)32)12-13-33(18-23-15-22(29)16-30-23)27-10-8-20-14-19(6-9-25(20)27)7-11-28(34)31-35/h2-7,9,11,14-17,27,30,35H,8,10,12-13,18H2,1H3,(H,31,34)/b11-7+. The van der Waals surface area contributed by atoms with Gasteiger partial charge in [0.1, 0.15) is 0 Å². The van der Waals surface area contributed by atoms with E-state index in [-0.39, 0.29) is 0 Å². The summed E-state index contributed by atoms with van der Waals surface area (Å²) in [5.74, 6) is -0.535. The zero-order valence-corrected chi connectivity index (χ0v) is 20.4. The highest BCUT2D eigenvalue weighted by molar-refractivity contribution is 6.30. The summed E-state index contributed by atoms with van der Waals surface area (Å²) in [6.45, 7) is 1.72. The second-order valence-electron chi connectivity index (χ2n) is 9.17. The second-order valence-corrected chi connectivity index (χ2v) is 9.60. The number of hydrogen-bond donors (Lipinski definition) is 3. The summed E-state index contributed by atoms with van der Waals surface area (Å²) in [4.78, 5) is 17.2. The number of hydrogen-bond acceptors (Lipinski definition) is 3. The number of aryl methyl sites for hydroxylation is 2. The van der Waals surface area contributed by atoms with Crippen LogP contribution in [0.3, 0.4) is 0 Å². The average molecular weight is 489 g/mol. The van der Waals surface area contributed by atoms with Crippen LogP contribution >= 0.6 is 11.6 Å². The number of nitrogens with one attached hydrogen (secondary N) is 2. The van der Waals surface area contributed by atoms with Crippen LogP contribution in [0, 0.1) is 0 Å². The Hall–Kier alpha value is -3.32. The fourth-order valence-electron chi connectivity index (χ4n) is 5.26. The molecule has 35 heavy (non-hydrogen) atoms. The number of carbonyl (C=O) groups excluding carboxylic acids is 1. The lowest BCUT2D eigenvalue weighted by Crippen LogP contribution is -2.29. The Morgan fingerprint density at radius 3 is 2.94 bits per heavy atom. The molecule has 6 nitrogen and oxygen atoms in total.